The summed E-state index contributed by atoms with van der Waals surface area (Å²) >= 11 is 0. The minimum Gasteiger partial charge on any atom is -0.384 e. The lowest BCUT2D eigenvalue weighted by Gasteiger charge is -2.35. The number of anilines is 2. The van der Waals surface area contributed by atoms with E-state index in [0.29, 0.717) is 18.2 Å². The first kappa shape index (κ1) is 12.6. The van der Waals surface area contributed by atoms with Crippen LogP contribution in [0.25, 0.3) is 0 Å². The van der Waals surface area contributed by atoms with Crippen molar-refractivity contribution >= 4 is 11.6 Å². The van der Waals surface area contributed by atoms with E-state index in [1.807, 2.05) is 6.07 Å². The van der Waals surface area contributed by atoms with Crippen LogP contribution in [0.5, 0.6) is 0 Å². The number of nitrogen functional groups attached to an aromatic ring is 1. The van der Waals surface area contributed by atoms with E-state index in [2.05, 4.69) is 19.8 Å². The van der Waals surface area contributed by atoms with Crippen molar-refractivity contribution < 1.29 is 4.74 Å². The third-order valence-corrected chi connectivity index (χ3v) is 3.75. The van der Waals surface area contributed by atoms with E-state index in [-0.39, 0.29) is 0 Å². The predicted molar refractivity (Wildman–Crippen MR) is 74.0 cm³/mol. The summed E-state index contributed by atoms with van der Waals surface area (Å²) in [7, 11) is 1.64. The molecule has 6 heteroatoms. The number of nitrogens with two attached hydrogens (primary N) is 1. The van der Waals surface area contributed by atoms with Gasteiger partial charge in [-0.05, 0) is 12.8 Å². The van der Waals surface area contributed by atoms with Crippen molar-refractivity contribution in [1.29, 1.82) is 0 Å². The van der Waals surface area contributed by atoms with Crippen LogP contribution in [-0.4, -0.2) is 54.2 Å². The highest BCUT2D eigenvalue weighted by atomic mass is 16.5. The minimum absolute atomic E-state index is 0.403. The third-order valence-electron chi connectivity index (χ3n) is 3.75. The van der Waals surface area contributed by atoms with Crippen molar-refractivity contribution in [2.75, 3.05) is 43.9 Å². The second kappa shape index (κ2) is 5.30. The first-order valence-corrected chi connectivity index (χ1v) is 6.87. The molecule has 6 nitrogen and oxygen atoms in total. The van der Waals surface area contributed by atoms with Gasteiger partial charge in [-0.3, -0.25) is 4.90 Å². The van der Waals surface area contributed by atoms with Gasteiger partial charge in [0.05, 0.1) is 0 Å². The van der Waals surface area contributed by atoms with Gasteiger partial charge >= 0.3 is 0 Å². The smallest absolute Gasteiger partial charge is 0.158 e. The molecular formula is C13H21N5O. The zero-order chi connectivity index (χ0) is 13.2. The van der Waals surface area contributed by atoms with Crippen LogP contribution in [0, 0.1) is 0 Å². The number of methoxy groups -OCH3 is 1. The fourth-order valence-corrected chi connectivity index (χ4v) is 2.61. The van der Waals surface area contributed by atoms with Crippen LogP contribution in [-0.2, 0) is 11.3 Å². The van der Waals surface area contributed by atoms with Crippen LogP contribution in [0.15, 0.2) is 6.07 Å². The second-order valence-corrected chi connectivity index (χ2v) is 5.25. The highest BCUT2D eigenvalue weighted by Crippen LogP contribution is 2.28. The average molecular weight is 263 g/mol. The van der Waals surface area contributed by atoms with E-state index < -0.39 is 0 Å². The standard InChI is InChI=1S/C13H21N5O/c1-19-9-12-15-11(14)8-13(16-12)18-6-4-17(5-7-18)10-2-3-10/h8,10H,2-7,9H2,1H3,(H2,14,15,16). The van der Waals surface area contributed by atoms with E-state index in [1.54, 1.807) is 7.11 Å². The molecule has 0 bridgehead atoms. The maximum Gasteiger partial charge on any atom is 0.158 e. The summed E-state index contributed by atoms with van der Waals surface area (Å²) in [4.78, 5) is 13.6. The predicted octanol–water partition coefficient (Wildman–Crippen LogP) is 0.490. The fourth-order valence-electron chi connectivity index (χ4n) is 2.61. The van der Waals surface area contributed by atoms with Crippen LogP contribution >= 0.6 is 0 Å². The molecule has 1 saturated heterocycles. The van der Waals surface area contributed by atoms with Gasteiger partial charge in [-0.25, -0.2) is 9.97 Å². The zero-order valence-corrected chi connectivity index (χ0v) is 11.4. The number of hydrogen-bond donors (Lipinski definition) is 1. The van der Waals surface area contributed by atoms with Crippen LogP contribution < -0.4 is 10.6 Å². The van der Waals surface area contributed by atoms with Gasteiger partial charge in [-0.15, -0.1) is 0 Å². The van der Waals surface area contributed by atoms with Gasteiger partial charge in [0.15, 0.2) is 5.82 Å². The topological polar surface area (TPSA) is 67.5 Å². The summed E-state index contributed by atoms with van der Waals surface area (Å²) in [5.74, 6) is 2.10. The Balaban J connectivity index is 1.68. The van der Waals surface area contributed by atoms with Gasteiger partial charge < -0.3 is 15.4 Å². The quantitative estimate of drug-likeness (QED) is 0.852. The zero-order valence-electron chi connectivity index (χ0n) is 11.4. The van der Waals surface area contributed by atoms with Crippen molar-refractivity contribution in [1.82, 2.24) is 14.9 Å². The van der Waals surface area contributed by atoms with Crippen molar-refractivity contribution in [3.05, 3.63) is 11.9 Å². The molecule has 104 valence electrons. The molecule has 0 radical (unpaired) electrons. The largest absolute Gasteiger partial charge is 0.384 e. The molecule has 0 spiro atoms. The number of ether oxygens (including phenoxy) is 1. The molecule has 1 aliphatic carbocycles. The Morgan fingerprint density at radius 1 is 1.26 bits per heavy atom. The molecule has 1 aromatic heterocycles. The monoisotopic (exact) mass is 263 g/mol. The second-order valence-electron chi connectivity index (χ2n) is 5.25. The van der Waals surface area contributed by atoms with E-state index >= 15 is 0 Å². The van der Waals surface area contributed by atoms with Gasteiger partial charge in [0.2, 0.25) is 0 Å². The molecule has 2 fully saturated rings. The van der Waals surface area contributed by atoms with E-state index in [0.717, 1.165) is 38.0 Å². The molecule has 2 aliphatic rings. The number of piperazine rings is 1. The molecule has 0 atom stereocenters. The van der Waals surface area contributed by atoms with Crippen molar-refractivity contribution in [2.45, 2.75) is 25.5 Å². The molecule has 19 heavy (non-hydrogen) atoms. The summed E-state index contributed by atoms with van der Waals surface area (Å²) in [6, 6.07) is 2.70. The molecule has 1 aliphatic heterocycles. The molecule has 1 aromatic rings. The van der Waals surface area contributed by atoms with Gasteiger partial charge in [0.25, 0.3) is 0 Å². The summed E-state index contributed by atoms with van der Waals surface area (Å²) in [6.45, 7) is 4.67. The van der Waals surface area contributed by atoms with Crippen molar-refractivity contribution in [3.8, 4) is 0 Å². The van der Waals surface area contributed by atoms with Gasteiger partial charge in [0, 0.05) is 45.4 Å². The lowest BCUT2D eigenvalue weighted by atomic mass is 10.3. The number of aromatic nitrogens is 2. The Hall–Kier alpha value is -1.40. The van der Waals surface area contributed by atoms with Crippen LogP contribution in [0.1, 0.15) is 18.7 Å². The summed E-state index contributed by atoms with van der Waals surface area (Å²) < 4.78 is 5.07. The van der Waals surface area contributed by atoms with E-state index in [9.17, 15) is 0 Å². The molecule has 2 N–H and O–H groups in total. The summed E-state index contributed by atoms with van der Waals surface area (Å²) in [6.07, 6.45) is 2.75. The Morgan fingerprint density at radius 2 is 2.00 bits per heavy atom. The lowest BCUT2D eigenvalue weighted by molar-refractivity contribution is 0.178. The number of nitrogens with zero attached hydrogens (tertiary/aromatic N) is 4. The summed E-state index contributed by atoms with van der Waals surface area (Å²) in [5, 5.41) is 0. The molecule has 2 heterocycles. The normalized spacial score (nSPS) is 20.8. The van der Waals surface area contributed by atoms with Gasteiger partial charge in [0.1, 0.15) is 18.2 Å². The van der Waals surface area contributed by atoms with Crippen LogP contribution in [0.3, 0.4) is 0 Å². The van der Waals surface area contributed by atoms with Gasteiger partial charge in [-0.2, -0.15) is 0 Å². The van der Waals surface area contributed by atoms with Crippen LogP contribution in [0.2, 0.25) is 0 Å². The molecule has 3 rings (SSSR count). The maximum atomic E-state index is 5.84. The van der Waals surface area contributed by atoms with Crippen molar-refractivity contribution in [2.24, 2.45) is 0 Å². The first-order chi connectivity index (χ1) is 9.26. The average Bonchev–Trinajstić information content (AvgIpc) is 3.23. The number of rotatable bonds is 4. The highest BCUT2D eigenvalue weighted by Gasteiger charge is 2.31. The fraction of sp³-hybridized carbons (Fsp3) is 0.692. The molecular weight excluding hydrogens is 242 g/mol. The molecule has 0 aromatic carbocycles. The van der Waals surface area contributed by atoms with Crippen molar-refractivity contribution in [3.63, 3.8) is 0 Å². The van der Waals surface area contributed by atoms with E-state index in [1.165, 1.54) is 12.8 Å². The number of hydrogen-bond acceptors (Lipinski definition) is 6. The van der Waals surface area contributed by atoms with Crippen LogP contribution in [0.4, 0.5) is 11.6 Å². The maximum absolute atomic E-state index is 5.84. The van der Waals surface area contributed by atoms with Gasteiger partial charge in [-0.1, -0.05) is 0 Å². The summed E-state index contributed by atoms with van der Waals surface area (Å²) in [5.41, 5.74) is 5.84. The SMILES string of the molecule is COCc1nc(N)cc(N2CCN(C3CC3)CC2)n1. The highest BCUT2D eigenvalue weighted by molar-refractivity contribution is 5.47. The Labute approximate surface area is 113 Å². The Morgan fingerprint density at radius 3 is 2.63 bits per heavy atom. The van der Waals surface area contributed by atoms with E-state index in [4.69, 9.17) is 10.5 Å². The minimum atomic E-state index is 0.403. The Bertz CT molecular complexity index is 441. The lowest BCUT2D eigenvalue weighted by Crippen LogP contribution is -2.47. The third kappa shape index (κ3) is 2.96. The molecule has 0 unspecified atom stereocenters. The molecule has 0 amide bonds. The first-order valence-electron chi connectivity index (χ1n) is 6.87. The molecule has 1 saturated carbocycles. The Kier molecular flexibility index (Phi) is 3.52.